The number of ether oxygens (including phenoxy) is 2. The average Bonchev–Trinajstić information content (AvgIpc) is 3.14. The second-order valence-corrected chi connectivity index (χ2v) is 7.49. The van der Waals surface area contributed by atoms with Crippen molar-refractivity contribution in [1.29, 1.82) is 0 Å². The van der Waals surface area contributed by atoms with Crippen LogP contribution in [-0.4, -0.2) is 43.0 Å². The molecular formula is C22H23N3O7. The molecule has 10 nitrogen and oxygen atoms in total. The number of esters is 1. The number of rotatable bonds is 7. The van der Waals surface area contributed by atoms with Crippen LogP contribution in [0.2, 0.25) is 0 Å². The number of benzene rings is 2. The van der Waals surface area contributed by atoms with Crippen molar-refractivity contribution in [3.05, 3.63) is 57.6 Å². The number of carbonyl (C=O) groups is 3. The van der Waals surface area contributed by atoms with E-state index >= 15 is 0 Å². The van der Waals surface area contributed by atoms with Crippen LogP contribution in [0.4, 0.5) is 17.1 Å². The molecule has 1 saturated heterocycles. The summed E-state index contributed by atoms with van der Waals surface area (Å²) in [7, 11) is 1.39. The van der Waals surface area contributed by atoms with Crippen LogP contribution in [0.25, 0.3) is 0 Å². The lowest BCUT2D eigenvalue weighted by atomic mass is 10.1. The molecule has 1 atom stereocenters. The third-order valence-electron chi connectivity index (χ3n) is 5.13. The summed E-state index contributed by atoms with van der Waals surface area (Å²) in [6.07, 6.45) is -0.0187. The Labute approximate surface area is 184 Å². The first-order valence-electron chi connectivity index (χ1n) is 9.86. The van der Waals surface area contributed by atoms with Gasteiger partial charge in [0.1, 0.15) is 11.4 Å². The van der Waals surface area contributed by atoms with Crippen molar-refractivity contribution in [2.75, 3.05) is 30.5 Å². The van der Waals surface area contributed by atoms with Crippen molar-refractivity contribution < 1.29 is 28.8 Å². The van der Waals surface area contributed by atoms with Crippen molar-refractivity contribution in [2.45, 2.75) is 20.3 Å². The van der Waals surface area contributed by atoms with Gasteiger partial charge < -0.3 is 19.7 Å². The second kappa shape index (κ2) is 9.46. The van der Waals surface area contributed by atoms with Gasteiger partial charge in [-0.05, 0) is 37.1 Å². The van der Waals surface area contributed by atoms with E-state index in [1.54, 1.807) is 4.90 Å². The van der Waals surface area contributed by atoms with E-state index in [1.165, 1.54) is 25.3 Å². The normalized spacial score (nSPS) is 15.4. The Hall–Kier alpha value is -3.95. The van der Waals surface area contributed by atoms with Gasteiger partial charge in [-0.15, -0.1) is 0 Å². The van der Waals surface area contributed by atoms with E-state index in [4.69, 9.17) is 9.47 Å². The van der Waals surface area contributed by atoms with E-state index in [0.29, 0.717) is 5.75 Å². The number of nitrogens with zero attached hydrogens (tertiary/aromatic N) is 2. The van der Waals surface area contributed by atoms with E-state index in [9.17, 15) is 24.5 Å². The molecule has 0 aromatic heterocycles. The highest BCUT2D eigenvalue weighted by Crippen LogP contribution is 2.30. The van der Waals surface area contributed by atoms with E-state index in [1.807, 2.05) is 32.0 Å². The minimum atomic E-state index is -0.745. The number of hydrogen-bond acceptors (Lipinski definition) is 7. The summed E-state index contributed by atoms with van der Waals surface area (Å²) in [5.41, 5.74) is 2.25. The second-order valence-electron chi connectivity index (χ2n) is 7.49. The Balaban J connectivity index is 1.60. The quantitative estimate of drug-likeness (QED) is 0.397. The molecule has 0 aliphatic carbocycles. The summed E-state index contributed by atoms with van der Waals surface area (Å²) in [6, 6.07) is 9.63. The zero-order valence-corrected chi connectivity index (χ0v) is 17.9. The van der Waals surface area contributed by atoms with Crippen molar-refractivity contribution in [3.8, 4) is 5.75 Å². The van der Waals surface area contributed by atoms with E-state index < -0.39 is 29.3 Å². The largest absolute Gasteiger partial charge is 0.497 e. The Morgan fingerprint density at radius 2 is 1.97 bits per heavy atom. The molecule has 0 radical (unpaired) electrons. The summed E-state index contributed by atoms with van der Waals surface area (Å²) in [5.74, 6) is -2.01. The molecule has 10 heteroatoms. The molecule has 1 N–H and O–H groups in total. The van der Waals surface area contributed by atoms with Crippen molar-refractivity contribution in [2.24, 2.45) is 5.92 Å². The lowest BCUT2D eigenvalue weighted by Gasteiger charge is -2.19. The van der Waals surface area contributed by atoms with Crippen LogP contribution in [0.1, 0.15) is 17.5 Å². The maximum Gasteiger partial charge on any atom is 0.311 e. The summed E-state index contributed by atoms with van der Waals surface area (Å²) >= 11 is 0. The Kier molecular flexibility index (Phi) is 6.72. The van der Waals surface area contributed by atoms with Crippen LogP contribution in [0.15, 0.2) is 36.4 Å². The smallest absolute Gasteiger partial charge is 0.311 e. The average molecular weight is 441 g/mol. The molecule has 2 amide bonds. The molecular weight excluding hydrogens is 418 g/mol. The lowest BCUT2D eigenvalue weighted by molar-refractivity contribution is -0.383. The zero-order valence-electron chi connectivity index (χ0n) is 17.9. The molecule has 2 aromatic carbocycles. The maximum absolute atomic E-state index is 12.5. The molecule has 2 aromatic rings. The Morgan fingerprint density at radius 1 is 1.22 bits per heavy atom. The van der Waals surface area contributed by atoms with Gasteiger partial charge in [0.05, 0.1) is 18.0 Å². The SMILES string of the molecule is COc1ccc([N+](=O)[O-])c(NC(=O)COC(=O)[C@@H]2CC(=O)N(c3cc(C)ccc3C)C2)c1. The molecule has 0 unspecified atom stereocenters. The van der Waals surface area contributed by atoms with Gasteiger partial charge in [0.2, 0.25) is 5.91 Å². The highest BCUT2D eigenvalue weighted by atomic mass is 16.6. The van der Waals surface area contributed by atoms with Gasteiger partial charge in [-0.2, -0.15) is 0 Å². The molecule has 0 bridgehead atoms. The number of hydrogen-bond donors (Lipinski definition) is 1. The van der Waals surface area contributed by atoms with Crippen LogP contribution < -0.4 is 15.0 Å². The minimum absolute atomic E-state index is 0.0187. The van der Waals surface area contributed by atoms with Gasteiger partial charge in [0.15, 0.2) is 6.61 Å². The molecule has 1 aliphatic heterocycles. The minimum Gasteiger partial charge on any atom is -0.497 e. The Bertz CT molecular complexity index is 1080. The molecule has 32 heavy (non-hydrogen) atoms. The standard InChI is InChI=1S/C22H23N3O7/c1-13-4-5-14(2)19(8-13)24-11-15(9-21(24)27)22(28)32-12-20(26)23-17-10-16(31-3)6-7-18(17)25(29)30/h4-8,10,15H,9,11-12H2,1-3H3,(H,23,26)/t15-/m1/s1. The number of nitro groups is 1. The van der Waals surface area contributed by atoms with Gasteiger partial charge in [-0.25, -0.2) is 0 Å². The first-order valence-corrected chi connectivity index (χ1v) is 9.86. The van der Waals surface area contributed by atoms with E-state index in [-0.39, 0.29) is 30.2 Å². The summed E-state index contributed by atoms with van der Waals surface area (Å²) in [6.45, 7) is 3.32. The first-order chi connectivity index (χ1) is 15.2. The third kappa shape index (κ3) is 5.02. The molecule has 0 spiro atoms. The molecule has 168 valence electrons. The number of anilines is 2. The highest BCUT2D eigenvalue weighted by Gasteiger charge is 2.37. The summed E-state index contributed by atoms with van der Waals surface area (Å²) in [5, 5.41) is 13.5. The van der Waals surface area contributed by atoms with Crippen LogP contribution >= 0.6 is 0 Å². The molecule has 0 saturated carbocycles. The number of aryl methyl sites for hydroxylation is 2. The Morgan fingerprint density at radius 3 is 2.66 bits per heavy atom. The van der Waals surface area contributed by atoms with Gasteiger partial charge in [-0.3, -0.25) is 24.5 Å². The van der Waals surface area contributed by atoms with Crippen LogP contribution in [0.5, 0.6) is 5.75 Å². The predicted octanol–water partition coefficient (Wildman–Crippen LogP) is 2.76. The lowest BCUT2D eigenvalue weighted by Crippen LogP contribution is -2.28. The fourth-order valence-electron chi connectivity index (χ4n) is 3.45. The predicted molar refractivity (Wildman–Crippen MR) is 116 cm³/mol. The van der Waals surface area contributed by atoms with Gasteiger partial charge >= 0.3 is 5.97 Å². The number of nitrogens with one attached hydrogen (secondary N) is 1. The molecule has 1 fully saturated rings. The van der Waals surface area contributed by atoms with Crippen molar-refractivity contribution in [3.63, 3.8) is 0 Å². The maximum atomic E-state index is 12.5. The van der Waals surface area contributed by atoms with Crippen molar-refractivity contribution >= 4 is 34.8 Å². The van der Waals surface area contributed by atoms with E-state index in [0.717, 1.165) is 16.8 Å². The molecule has 1 aliphatic rings. The highest BCUT2D eigenvalue weighted by molar-refractivity contribution is 6.00. The molecule has 3 rings (SSSR count). The summed E-state index contributed by atoms with van der Waals surface area (Å²) < 4.78 is 10.1. The molecule has 1 heterocycles. The van der Waals surface area contributed by atoms with Crippen LogP contribution in [-0.2, 0) is 19.1 Å². The topological polar surface area (TPSA) is 128 Å². The number of nitro benzene ring substituents is 1. The third-order valence-corrected chi connectivity index (χ3v) is 5.13. The zero-order chi connectivity index (χ0) is 23.4. The van der Waals surface area contributed by atoms with E-state index in [2.05, 4.69) is 5.32 Å². The number of amides is 2. The van der Waals surface area contributed by atoms with Crippen LogP contribution in [0, 0.1) is 29.9 Å². The van der Waals surface area contributed by atoms with Crippen LogP contribution in [0.3, 0.4) is 0 Å². The number of carbonyl (C=O) groups excluding carboxylic acids is 3. The fourth-order valence-corrected chi connectivity index (χ4v) is 3.45. The fraction of sp³-hybridized carbons (Fsp3) is 0.318. The first kappa shape index (κ1) is 22.7. The van der Waals surface area contributed by atoms with Gasteiger partial charge in [0, 0.05) is 30.8 Å². The van der Waals surface area contributed by atoms with Crippen molar-refractivity contribution in [1.82, 2.24) is 0 Å². The van der Waals surface area contributed by atoms with Gasteiger partial charge in [-0.1, -0.05) is 12.1 Å². The number of methoxy groups -OCH3 is 1. The summed E-state index contributed by atoms with van der Waals surface area (Å²) in [4.78, 5) is 49.2. The monoisotopic (exact) mass is 441 g/mol. The van der Waals surface area contributed by atoms with Gasteiger partial charge in [0.25, 0.3) is 11.6 Å².